The summed E-state index contributed by atoms with van der Waals surface area (Å²) in [4.78, 5) is 22.8. The molecule has 0 aromatic heterocycles. The highest BCUT2D eigenvalue weighted by Gasteiger charge is 2.30. The summed E-state index contributed by atoms with van der Waals surface area (Å²) in [7, 11) is 0. The van der Waals surface area contributed by atoms with E-state index < -0.39 is 6.04 Å². The molecule has 0 saturated heterocycles. The van der Waals surface area contributed by atoms with Crippen LogP contribution in [0.15, 0.2) is 94.1 Å². The molecule has 0 radical (unpaired) electrons. The predicted molar refractivity (Wildman–Crippen MR) is 149 cm³/mol. The second-order valence-electron chi connectivity index (χ2n) is 8.45. The first-order valence-electron chi connectivity index (χ1n) is 11.5. The third-order valence-electron chi connectivity index (χ3n) is 5.80. The molecule has 1 atom stereocenters. The molecule has 4 rings (SSSR count). The molecule has 0 fully saturated rings. The van der Waals surface area contributed by atoms with Gasteiger partial charge in [-0.1, -0.05) is 77.8 Å². The van der Waals surface area contributed by atoms with Crippen LogP contribution in [-0.4, -0.2) is 17.7 Å². The van der Waals surface area contributed by atoms with E-state index in [1.54, 1.807) is 12.1 Å². The number of nitrogens with zero attached hydrogens (tertiary/aromatic N) is 2. The van der Waals surface area contributed by atoms with Gasteiger partial charge in [-0.15, -0.1) is 0 Å². The number of aryl methyl sites for hydroxylation is 1. The van der Waals surface area contributed by atoms with Crippen LogP contribution in [0.5, 0.6) is 0 Å². The predicted octanol–water partition coefficient (Wildman–Crippen LogP) is 6.42. The fourth-order valence-corrected chi connectivity index (χ4v) is 4.38. The van der Waals surface area contributed by atoms with E-state index in [1.165, 1.54) is 0 Å². The zero-order valence-corrected chi connectivity index (χ0v) is 21.8. The van der Waals surface area contributed by atoms with Crippen molar-refractivity contribution in [3.8, 4) is 0 Å². The van der Waals surface area contributed by atoms with Gasteiger partial charge in [-0.2, -0.15) is 0 Å². The fraction of sp³-hybridized carbons (Fsp3) is 0.179. The number of hydrogen-bond acceptors (Lipinski definition) is 4. The number of allylic oxidation sites excluding steroid dienone is 1. The number of amidine groups is 1. The lowest BCUT2D eigenvalue weighted by molar-refractivity contribution is -0.118. The number of hydrogen-bond donors (Lipinski definition) is 3. The van der Waals surface area contributed by atoms with Gasteiger partial charge in [0, 0.05) is 33.5 Å². The Kier molecular flexibility index (Phi) is 8.08. The van der Waals surface area contributed by atoms with E-state index >= 15 is 0 Å². The molecule has 8 heteroatoms. The van der Waals surface area contributed by atoms with Gasteiger partial charge < -0.3 is 16.0 Å². The summed E-state index contributed by atoms with van der Waals surface area (Å²) in [5.74, 6) is 0.790. The van der Waals surface area contributed by atoms with Gasteiger partial charge in [0.15, 0.2) is 0 Å². The minimum Gasteiger partial charge on any atom is -0.348 e. The van der Waals surface area contributed by atoms with E-state index in [9.17, 15) is 4.79 Å². The lowest BCUT2D eigenvalue weighted by Gasteiger charge is -2.26. The summed E-state index contributed by atoms with van der Waals surface area (Å²) >= 11 is 12.8. The topological polar surface area (TPSA) is 77.9 Å². The Morgan fingerprint density at radius 2 is 1.64 bits per heavy atom. The van der Waals surface area contributed by atoms with Crippen molar-refractivity contribution in [1.29, 1.82) is 0 Å². The molecule has 184 valence electrons. The van der Waals surface area contributed by atoms with Crippen LogP contribution in [0.3, 0.4) is 0 Å². The van der Waals surface area contributed by atoms with Gasteiger partial charge in [-0.3, -0.25) is 4.79 Å². The number of carbonyl (C=O) groups excluding carboxylic acids is 1. The van der Waals surface area contributed by atoms with Crippen LogP contribution in [0.1, 0.15) is 36.6 Å². The van der Waals surface area contributed by atoms with Crippen molar-refractivity contribution in [3.05, 3.63) is 111 Å². The van der Waals surface area contributed by atoms with Crippen LogP contribution in [0, 0.1) is 6.92 Å². The summed E-state index contributed by atoms with van der Waals surface area (Å²) in [6.07, 6.45) is 0. The number of guanidine groups is 1. The molecule has 1 aliphatic rings. The number of carbonyl (C=O) groups is 1. The minimum atomic E-state index is -0.629. The third-order valence-corrected chi connectivity index (χ3v) is 6.52. The van der Waals surface area contributed by atoms with Crippen molar-refractivity contribution in [3.63, 3.8) is 0 Å². The highest BCUT2D eigenvalue weighted by Crippen LogP contribution is 2.35. The maximum absolute atomic E-state index is 13.4. The van der Waals surface area contributed by atoms with Gasteiger partial charge in [0.25, 0.3) is 5.91 Å². The third kappa shape index (κ3) is 5.96. The Morgan fingerprint density at radius 3 is 2.36 bits per heavy atom. The SMILES string of the molecule is CC1=C(C(=O)NCc2ccccc2Cl)C(c2ccccc2Cl)N=C(/N=C(/C)Nc2ccccc2C)N1. The first-order chi connectivity index (χ1) is 17.3. The number of nitrogens with one attached hydrogen (secondary N) is 3. The molecule has 0 saturated carbocycles. The van der Waals surface area contributed by atoms with E-state index in [0.717, 1.165) is 22.4 Å². The molecule has 1 aliphatic heterocycles. The van der Waals surface area contributed by atoms with Crippen LogP contribution < -0.4 is 16.0 Å². The molecule has 0 bridgehead atoms. The van der Waals surface area contributed by atoms with Gasteiger partial charge >= 0.3 is 0 Å². The summed E-state index contributed by atoms with van der Waals surface area (Å²) in [6, 6.07) is 22.1. The monoisotopic (exact) mass is 519 g/mol. The summed E-state index contributed by atoms with van der Waals surface area (Å²) in [5.41, 5.74) is 4.74. The first kappa shape index (κ1) is 25.5. The molecule has 3 N–H and O–H groups in total. The van der Waals surface area contributed by atoms with Gasteiger partial charge in [0.05, 0.1) is 5.57 Å². The number of rotatable bonds is 5. The van der Waals surface area contributed by atoms with E-state index in [0.29, 0.717) is 39.7 Å². The molecule has 1 heterocycles. The largest absolute Gasteiger partial charge is 0.348 e. The molecule has 3 aromatic carbocycles. The Morgan fingerprint density at radius 1 is 0.972 bits per heavy atom. The van der Waals surface area contributed by atoms with Gasteiger partial charge in [0.1, 0.15) is 11.9 Å². The van der Waals surface area contributed by atoms with Gasteiger partial charge in [-0.25, -0.2) is 9.98 Å². The Labute approximate surface area is 221 Å². The standard InChI is InChI=1S/C28H27Cl2N5O/c1-17-10-4-9-15-24(17)33-19(3)34-28-32-18(2)25(26(35-28)21-12-6-8-14-23(21)30)27(36)31-16-20-11-5-7-13-22(20)29/h4-15,26H,16H2,1-3H3,(H,31,36)(H2,32,33,34,35). The number of halogens is 2. The van der Waals surface area contributed by atoms with E-state index in [1.807, 2.05) is 81.4 Å². The summed E-state index contributed by atoms with van der Waals surface area (Å²) in [6.45, 7) is 6.02. The summed E-state index contributed by atoms with van der Waals surface area (Å²) < 4.78 is 0. The maximum atomic E-state index is 13.4. The lowest BCUT2D eigenvalue weighted by Crippen LogP contribution is -2.36. The average Bonchev–Trinajstić information content (AvgIpc) is 2.85. The molecule has 1 amide bonds. The molecular weight excluding hydrogens is 493 g/mol. The van der Waals surface area contributed by atoms with Crippen LogP contribution >= 0.6 is 23.2 Å². The Hall–Kier alpha value is -3.61. The number of anilines is 1. The second kappa shape index (κ2) is 11.4. The Bertz CT molecular complexity index is 1380. The number of aliphatic imine (C=N–C) groups is 2. The zero-order chi connectivity index (χ0) is 25.7. The maximum Gasteiger partial charge on any atom is 0.251 e. The zero-order valence-electron chi connectivity index (χ0n) is 20.3. The highest BCUT2D eigenvalue weighted by atomic mass is 35.5. The van der Waals surface area contributed by atoms with Crippen molar-refractivity contribution >= 4 is 46.6 Å². The smallest absolute Gasteiger partial charge is 0.251 e. The quantitative estimate of drug-likeness (QED) is 0.268. The molecular formula is C28H27Cl2N5O. The number of amides is 1. The van der Waals surface area contributed by atoms with Crippen molar-refractivity contribution in [2.45, 2.75) is 33.4 Å². The summed E-state index contributed by atoms with van der Waals surface area (Å²) in [5, 5.41) is 10.6. The molecule has 3 aromatic rings. The highest BCUT2D eigenvalue weighted by molar-refractivity contribution is 6.31. The van der Waals surface area contributed by atoms with Gasteiger partial charge in [-0.05, 0) is 50.1 Å². The first-order valence-corrected chi connectivity index (χ1v) is 12.3. The number of benzene rings is 3. The average molecular weight is 520 g/mol. The van der Waals surface area contributed by atoms with Crippen molar-refractivity contribution in [2.75, 3.05) is 5.32 Å². The Balaban J connectivity index is 1.63. The van der Waals surface area contributed by atoms with E-state index in [2.05, 4.69) is 20.9 Å². The van der Waals surface area contributed by atoms with Crippen LogP contribution in [0.25, 0.3) is 0 Å². The normalized spacial score (nSPS) is 15.8. The second-order valence-corrected chi connectivity index (χ2v) is 9.27. The number of para-hydroxylation sites is 1. The molecule has 1 unspecified atom stereocenters. The fourth-order valence-electron chi connectivity index (χ4n) is 3.94. The molecule has 36 heavy (non-hydrogen) atoms. The molecule has 0 spiro atoms. The van der Waals surface area contributed by atoms with E-state index in [4.69, 9.17) is 28.2 Å². The van der Waals surface area contributed by atoms with Crippen molar-refractivity contribution < 1.29 is 4.79 Å². The van der Waals surface area contributed by atoms with Crippen molar-refractivity contribution in [1.82, 2.24) is 10.6 Å². The van der Waals surface area contributed by atoms with Crippen molar-refractivity contribution in [2.24, 2.45) is 9.98 Å². The molecule has 0 aliphatic carbocycles. The lowest BCUT2D eigenvalue weighted by atomic mass is 9.95. The van der Waals surface area contributed by atoms with Crippen LogP contribution in [0.4, 0.5) is 5.69 Å². The minimum absolute atomic E-state index is 0.258. The van der Waals surface area contributed by atoms with Gasteiger partial charge in [0.2, 0.25) is 5.96 Å². The van der Waals surface area contributed by atoms with E-state index in [-0.39, 0.29) is 5.91 Å². The van der Waals surface area contributed by atoms with Crippen LogP contribution in [0.2, 0.25) is 10.0 Å². The van der Waals surface area contributed by atoms with Crippen LogP contribution in [-0.2, 0) is 11.3 Å². The molecule has 6 nitrogen and oxygen atoms in total.